The number of hydrogen-bond acceptors (Lipinski definition) is 2. The SMILES string of the molecule is O=C(Cc1ccc(Br)cc1)c1ccc2c(c1)CNC2. The van der Waals surface area contributed by atoms with E-state index in [4.69, 9.17) is 0 Å². The molecule has 0 radical (unpaired) electrons. The molecule has 0 bridgehead atoms. The van der Waals surface area contributed by atoms with Crippen LogP contribution in [-0.4, -0.2) is 5.78 Å². The van der Waals surface area contributed by atoms with Crippen LogP contribution in [0.4, 0.5) is 0 Å². The normalized spacial score (nSPS) is 13.3. The lowest BCUT2D eigenvalue weighted by Crippen LogP contribution is -2.04. The Labute approximate surface area is 121 Å². The molecule has 0 fully saturated rings. The third-order valence-electron chi connectivity index (χ3n) is 3.44. The summed E-state index contributed by atoms with van der Waals surface area (Å²) in [5.41, 5.74) is 4.42. The Hall–Kier alpha value is -1.45. The molecule has 0 atom stereocenters. The number of nitrogens with one attached hydrogen (secondary N) is 1. The van der Waals surface area contributed by atoms with Gasteiger partial charge in [-0.05, 0) is 34.9 Å². The van der Waals surface area contributed by atoms with Crippen LogP contribution in [0.5, 0.6) is 0 Å². The standard InChI is InChI=1S/C16H14BrNO/c17-15-5-1-11(2-6-15)7-16(19)12-3-4-13-9-18-10-14(13)8-12/h1-6,8,18H,7,9-10H2. The van der Waals surface area contributed by atoms with Crippen molar-refractivity contribution in [2.24, 2.45) is 0 Å². The molecule has 0 saturated heterocycles. The number of fused-ring (bicyclic) bond motifs is 1. The van der Waals surface area contributed by atoms with Crippen molar-refractivity contribution < 1.29 is 4.79 Å². The minimum Gasteiger partial charge on any atom is -0.309 e. The molecule has 3 rings (SSSR count). The van der Waals surface area contributed by atoms with Gasteiger partial charge in [-0.15, -0.1) is 0 Å². The third-order valence-corrected chi connectivity index (χ3v) is 3.97. The number of benzene rings is 2. The minimum atomic E-state index is 0.178. The highest BCUT2D eigenvalue weighted by atomic mass is 79.9. The molecular weight excluding hydrogens is 302 g/mol. The molecule has 1 N–H and O–H groups in total. The summed E-state index contributed by atoms with van der Waals surface area (Å²) in [4.78, 5) is 12.3. The number of halogens is 1. The molecule has 96 valence electrons. The molecule has 0 amide bonds. The van der Waals surface area contributed by atoms with Crippen LogP contribution >= 0.6 is 15.9 Å². The monoisotopic (exact) mass is 315 g/mol. The van der Waals surface area contributed by atoms with Gasteiger partial charge in [-0.2, -0.15) is 0 Å². The second-order valence-corrected chi connectivity index (χ2v) is 5.73. The number of Topliss-reactive ketones (excluding diaryl/α,β-unsaturated/α-hetero) is 1. The summed E-state index contributed by atoms with van der Waals surface area (Å²) in [5.74, 6) is 0.178. The van der Waals surface area contributed by atoms with E-state index in [1.165, 1.54) is 11.1 Å². The molecule has 2 nitrogen and oxygen atoms in total. The van der Waals surface area contributed by atoms with E-state index in [2.05, 4.69) is 27.3 Å². The quantitative estimate of drug-likeness (QED) is 0.879. The van der Waals surface area contributed by atoms with Gasteiger partial charge in [0.2, 0.25) is 0 Å². The molecule has 3 heteroatoms. The van der Waals surface area contributed by atoms with Crippen LogP contribution in [0.2, 0.25) is 0 Å². The summed E-state index contributed by atoms with van der Waals surface area (Å²) in [6.07, 6.45) is 0.458. The zero-order valence-corrected chi connectivity index (χ0v) is 12.0. The van der Waals surface area contributed by atoms with Gasteiger partial charge in [0, 0.05) is 29.5 Å². The molecule has 2 aromatic rings. The van der Waals surface area contributed by atoms with Crippen LogP contribution in [0.25, 0.3) is 0 Å². The van der Waals surface area contributed by atoms with Gasteiger partial charge >= 0.3 is 0 Å². The summed E-state index contributed by atoms with van der Waals surface area (Å²) in [6.45, 7) is 1.78. The van der Waals surface area contributed by atoms with Gasteiger partial charge in [0.15, 0.2) is 5.78 Å². The van der Waals surface area contributed by atoms with Crippen molar-refractivity contribution in [3.8, 4) is 0 Å². The molecule has 19 heavy (non-hydrogen) atoms. The van der Waals surface area contributed by atoms with Gasteiger partial charge in [-0.1, -0.05) is 40.2 Å². The van der Waals surface area contributed by atoms with E-state index in [1.54, 1.807) is 0 Å². The van der Waals surface area contributed by atoms with Gasteiger partial charge in [0.05, 0.1) is 0 Å². The maximum Gasteiger partial charge on any atom is 0.167 e. The van der Waals surface area contributed by atoms with E-state index in [9.17, 15) is 4.79 Å². The van der Waals surface area contributed by atoms with Crippen LogP contribution in [0.1, 0.15) is 27.0 Å². The van der Waals surface area contributed by atoms with Crippen molar-refractivity contribution in [2.45, 2.75) is 19.5 Å². The van der Waals surface area contributed by atoms with Gasteiger partial charge in [-0.3, -0.25) is 4.79 Å². The van der Waals surface area contributed by atoms with Crippen molar-refractivity contribution in [3.63, 3.8) is 0 Å². The number of carbonyl (C=O) groups is 1. The zero-order valence-electron chi connectivity index (χ0n) is 10.4. The van der Waals surface area contributed by atoms with Crippen molar-refractivity contribution in [2.75, 3.05) is 0 Å². The predicted octanol–water partition coefficient (Wildman–Crippen LogP) is 3.48. The Morgan fingerprint density at radius 2 is 1.79 bits per heavy atom. The van der Waals surface area contributed by atoms with Crippen molar-refractivity contribution in [1.29, 1.82) is 0 Å². The fraction of sp³-hybridized carbons (Fsp3) is 0.188. The van der Waals surface area contributed by atoms with E-state index < -0.39 is 0 Å². The zero-order chi connectivity index (χ0) is 13.2. The van der Waals surface area contributed by atoms with Gasteiger partial charge in [0.25, 0.3) is 0 Å². The molecule has 0 aliphatic carbocycles. The summed E-state index contributed by atoms with van der Waals surface area (Å²) in [6, 6.07) is 13.9. The van der Waals surface area contributed by atoms with Crippen LogP contribution < -0.4 is 5.32 Å². The molecule has 1 aliphatic heterocycles. The number of carbonyl (C=O) groups excluding carboxylic acids is 1. The summed E-state index contributed by atoms with van der Waals surface area (Å²) >= 11 is 3.40. The maximum atomic E-state index is 12.3. The Bertz CT molecular complexity index is 619. The first-order valence-electron chi connectivity index (χ1n) is 6.32. The lowest BCUT2D eigenvalue weighted by atomic mass is 9.99. The second kappa shape index (κ2) is 5.27. The lowest BCUT2D eigenvalue weighted by Gasteiger charge is -2.04. The maximum absolute atomic E-state index is 12.3. The highest BCUT2D eigenvalue weighted by Gasteiger charge is 2.13. The van der Waals surface area contributed by atoms with Gasteiger partial charge in [0.1, 0.15) is 0 Å². The van der Waals surface area contributed by atoms with Gasteiger partial charge < -0.3 is 5.32 Å². The summed E-state index contributed by atoms with van der Waals surface area (Å²) in [5, 5.41) is 3.29. The van der Waals surface area contributed by atoms with Crippen LogP contribution in [0.15, 0.2) is 46.9 Å². The van der Waals surface area contributed by atoms with E-state index in [1.807, 2.05) is 36.4 Å². The highest BCUT2D eigenvalue weighted by molar-refractivity contribution is 9.10. The third kappa shape index (κ3) is 2.77. The number of hydrogen-bond donors (Lipinski definition) is 1. The first kappa shape index (κ1) is 12.6. The van der Waals surface area contributed by atoms with Crippen molar-refractivity contribution >= 4 is 21.7 Å². The molecule has 2 aromatic carbocycles. The predicted molar refractivity (Wildman–Crippen MR) is 79.2 cm³/mol. The smallest absolute Gasteiger partial charge is 0.167 e. The summed E-state index contributed by atoms with van der Waals surface area (Å²) < 4.78 is 1.03. The highest BCUT2D eigenvalue weighted by Crippen LogP contribution is 2.19. The average molecular weight is 316 g/mol. The number of ketones is 1. The average Bonchev–Trinajstić information content (AvgIpc) is 2.88. The number of rotatable bonds is 3. The Balaban J connectivity index is 1.78. The lowest BCUT2D eigenvalue weighted by molar-refractivity contribution is 0.0993. The van der Waals surface area contributed by atoms with Crippen LogP contribution in [0, 0.1) is 0 Å². The molecule has 1 aliphatic rings. The van der Waals surface area contributed by atoms with Crippen LogP contribution in [-0.2, 0) is 19.5 Å². The largest absolute Gasteiger partial charge is 0.309 e. The van der Waals surface area contributed by atoms with Crippen molar-refractivity contribution in [1.82, 2.24) is 5.32 Å². The Kier molecular flexibility index (Phi) is 3.49. The van der Waals surface area contributed by atoms with E-state index in [-0.39, 0.29) is 5.78 Å². The topological polar surface area (TPSA) is 29.1 Å². The molecule has 0 unspecified atom stereocenters. The van der Waals surface area contributed by atoms with Gasteiger partial charge in [-0.25, -0.2) is 0 Å². The Morgan fingerprint density at radius 1 is 1.05 bits per heavy atom. The first-order valence-corrected chi connectivity index (χ1v) is 7.12. The van der Waals surface area contributed by atoms with Crippen molar-refractivity contribution in [3.05, 3.63) is 69.2 Å². The summed E-state index contributed by atoms with van der Waals surface area (Å²) in [7, 11) is 0. The minimum absolute atomic E-state index is 0.178. The Morgan fingerprint density at radius 3 is 2.58 bits per heavy atom. The van der Waals surface area contributed by atoms with E-state index in [0.29, 0.717) is 6.42 Å². The van der Waals surface area contributed by atoms with Crippen LogP contribution in [0.3, 0.4) is 0 Å². The second-order valence-electron chi connectivity index (χ2n) is 4.81. The molecular formula is C16H14BrNO. The molecule has 0 spiro atoms. The van der Waals surface area contributed by atoms with E-state index >= 15 is 0 Å². The molecule has 0 saturated carbocycles. The molecule has 0 aromatic heterocycles. The molecule has 1 heterocycles. The first-order chi connectivity index (χ1) is 9.22. The van der Waals surface area contributed by atoms with E-state index in [0.717, 1.165) is 28.7 Å². The fourth-order valence-electron chi connectivity index (χ4n) is 2.36. The fourth-order valence-corrected chi connectivity index (χ4v) is 2.62.